The summed E-state index contributed by atoms with van der Waals surface area (Å²) in [6, 6.07) is 17.1. The van der Waals surface area contributed by atoms with Crippen molar-refractivity contribution in [1.29, 1.82) is 0 Å². The number of hydrogen-bond donors (Lipinski definition) is 2. The lowest BCUT2D eigenvalue weighted by molar-refractivity contribution is 0.102. The van der Waals surface area contributed by atoms with E-state index in [1.54, 1.807) is 19.2 Å². The second-order valence-corrected chi connectivity index (χ2v) is 7.06. The van der Waals surface area contributed by atoms with Gasteiger partial charge in [-0.25, -0.2) is 4.98 Å². The van der Waals surface area contributed by atoms with Gasteiger partial charge in [0.15, 0.2) is 5.13 Å². The number of methoxy groups -OCH3 is 1. The molecule has 0 saturated heterocycles. The molecule has 4 aromatic rings. The quantitative estimate of drug-likeness (QED) is 0.515. The summed E-state index contributed by atoms with van der Waals surface area (Å²) in [5.41, 5.74) is 3.81. The number of benzene rings is 2. The minimum absolute atomic E-state index is 0.152. The number of anilines is 1. The number of nitrogens with zero attached hydrogens (tertiary/aromatic N) is 1. The number of ether oxygens (including phenoxy) is 1. The summed E-state index contributed by atoms with van der Waals surface area (Å²) >= 11 is 1.43. The number of rotatable bonds is 3. The summed E-state index contributed by atoms with van der Waals surface area (Å²) in [5, 5.41) is 3.42. The Kier molecular flexibility index (Phi) is 5.88. The molecule has 27 heavy (non-hydrogen) atoms. The van der Waals surface area contributed by atoms with E-state index in [1.165, 1.54) is 17.0 Å². The topological polar surface area (TPSA) is 67.0 Å². The first kappa shape index (κ1) is 18.7. The number of aromatic amines is 1. The average molecular weight is 379 g/mol. The maximum Gasteiger partial charge on any atom is 0.257 e. The second-order valence-electron chi connectivity index (χ2n) is 6.03. The van der Waals surface area contributed by atoms with Crippen LogP contribution in [0.1, 0.15) is 21.6 Å². The van der Waals surface area contributed by atoms with Crippen molar-refractivity contribution in [3.8, 4) is 5.75 Å². The number of carbonyl (C=O) groups excluding carboxylic acids is 1. The molecular weight excluding hydrogens is 358 g/mol. The monoisotopic (exact) mass is 379 g/mol. The van der Waals surface area contributed by atoms with Gasteiger partial charge in [0.1, 0.15) is 5.75 Å². The SMILES string of the molecule is COc1ccc2nc(NC(=O)c3ccc(C)cc3)sc2c1.Cc1ccc[nH]1. The van der Waals surface area contributed by atoms with Crippen LogP contribution in [0, 0.1) is 13.8 Å². The Morgan fingerprint density at radius 3 is 2.48 bits per heavy atom. The van der Waals surface area contributed by atoms with Crippen molar-refractivity contribution in [2.75, 3.05) is 12.4 Å². The molecule has 0 fully saturated rings. The summed E-state index contributed by atoms with van der Waals surface area (Å²) in [5.74, 6) is 0.628. The first-order valence-corrected chi connectivity index (χ1v) is 9.29. The van der Waals surface area contributed by atoms with E-state index < -0.39 is 0 Å². The van der Waals surface area contributed by atoms with Crippen molar-refractivity contribution in [1.82, 2.24) is 9.97 Å². The Balaban J connectivity index is 0.000000299. The Labute approximate surface area is 162 Å². The molecule has 2 aromatic heterocycles. The highest BCUT2D eigenvalue weighted by Crippen LogP contribution is 2.29. The molecule has 0 spiro atoms. The number of aryl methyl sites for hydroxylation is 2. The van der Waals surface area contributed by atoms with E-state index in [1.807, 2.05) is 62.5 Å². The Hall–Kier alpha value is -3.12. The molecule has 2 heterocycles. The van der Waals surface area contributed by atoms with Gasteiger partial charge in [-0.05, 0) is 56.3 Å². The lowest BCUT2D eigenvalue weighted by Crippen LogP contribution is -2.11. The molecule has 0 aliphatic rings. The predicted molar refractivity (Wildman–Crippen MR) is 111 cm³/mol. The molecule has 138 valence electrons. The van der Waals surface area contributed by atoms with Crippen molar-refractivity contribution in [3.63, 3.8) is 0 Å². The van der Waals surface area contributed by atoms with Crippen molar-refractivity contribution < 1.29 is 9.53 Å². The van der Waals surface area contributed by atoms with Gasteiger partial charge in [-0.15, -0.1) is 0 Å². The van der Waals surface area contributed by atoms with E-state index in [-0.39, 0.29) is 5.91 Å². The summed E-state index contributed by atoms with van der Waals surface area (Å²) < 4.78 is 6.16. The number of thiazole rings is 1. The van der Waals surface area contributed by atoms with Gasteiger partial charge < -0.3 is 9.72 Å². The maximum atomic E-state index is 12.2. The number of carbonyl (C=O) groups is 1. The zero-order valence-electron chi connectivity index (χ0n) is 15.4. The highest BCUT2D eigenvalue weighted by molar-refractivity contribution is 7.22. The van der Waals surface area contributed by atoms with Crippen LogP contribution in [-0.2, 0) is 0 Å². The van der Waals surface area contributed by atoms with E-state index in [4.69, 9.17) is 4.74 Å². The molecule has 0 atom stereocenters. The van der Waals surface area contributed by atoms with Crippen LogP contribution in [0.5, 0.6) is 5.75 Å². The molecule has 6 heteroatoms. The summed E-state index contributed by atoms with van der Waals surface area (Å²) in [4.78, 5) is 19.6. The Morgan fingerprint density at radius 2 is 1.89 bits per heavy atom. The third-order valence-corrected chi connectivity index (χ3v) is 4.82. The minimum Gasteiger partial charge on any atom is -0.497 e. The van der Waals surface area contributed by atoms with Gasteiger partial charge in [0.2, 0.25) is 0 Å². The van der Waals surface area contributed by atoms with E-state index in [0.29, 0.717) is 10.7 Å². The summed E-state index contributed by atoms with van der Waals surface area (Å²) in [6.45, 7) is 4.02. The van der Waals surface area contributed by atoms with Crippen LogP contribution < -0.4 is 10.1 Å². The van der Waals surface area contributed by atoms with Gasteiger partial charge >= 0.3 is 0 Å². The first-order chi connectivity index (χ1) is 13.0. The molecule has 0 unspecified atom stereocenters. The van der Waals surface area contributed by atoms with Gasteiger partial charge in [0, 0.05) is 17.5 Å². The molecule has 5 nitrogen and oxygen atoms in total. The number of hydrogen-bond acceptors (Lipinski definition) is 4. The number of nitrogens with one attached hydrogen (secondary N) is 2. The van der Waals surface area contributed by atoms with E-state index >= 15 is 0 Å². The van der Waals surface area contributed by atoms with Gasteiger partial charge in [-0.3, -0.25) is 10.1 Å². The molecule has 4 rings (SSSR count). The molecule has 2 aromatic carbocycles. The fourth-order valence-corrected chi connectivity index (χ4v) is 3.27. The van der Waals surface area contributed by atoms with Gasteiger partial charge in [0.05, 0.1) is 17.3 Å². The maximum absolute atomic E-state index is 12.2. The summed E-state index contributed by atoms with van der Waals surface area (Å²) in [6.07, 6.45) is 1.91. The molecular formula is C21H21N3O2S. The molecule has 0 radical (unpaired) electrons. The fraction of sp³-hybridized carbons (Fsp3) is 0.143. The van der Waals surface area contributed by atoms with Crippen molar-refractivity contribution in [2.24, 2.45) is 0 Å². The third kappa shape index (κ3) is 4.95. The van der Waals surface area contributed by atoms with E-state index in [0.717, 1.165) is 21.5 Å². The second kappa shape index (κ2) is 8.51. The molecule has 0 aliphatic heterocycles. The third-order valence-electron chi connectivity index (χ3n) is 3.88. The zero-order valence-corrected chi connectivity index (χ0v) is 16.3. The Bertz CT molecular complexity index is 1020. The van der Waals surface area contributed by atoms with Crippen LogP contribution in [0.4, 0.5) is 5.13 Å². The van der Waals surface area contributed by atoms with Crippen molar-refractivity contribution in [2.45, 2.75) is 13.8 Å². The average Bonchev–Trinajstić information content (AvgIpc) is 3.30. The molecule has 0 bridgehead atoms. The lowest BCUT2D eigenvalue weighted by atomic mass is 10.1. The molecule has 0 saturated carbocycles. The number of H-pyrrole nitrogens is 1. The highest BCUT2D eigenvalue weighted by atomic mass is 32.1. The largest absolute Gasteiger partial charge is 0.497 e. The number of amides is 1. The van der Waals surface area contributed by atoms with Gasteiger partial charge in [-0.2, -0.15) is 0 Å². The highest BCUT2D eigenvalue weighted by Gasteiger charge is 2.10. The smallest absolute Gasteiger partial charge is 0.257 e. The van der Waals surface area contributed by atoms with Crippen LogP contribution in [0.15, 0.2) is 60.8 Å². The molecule has 2 N–H and O–H groups in total. The van der Waals surface area contributed by atoms with Crippen LogP contribution in [0.3, 0.4) is 0 Å². The van der Waals surface area contributed by atoms with E-state index in [9.17, 15) is 4.79 Å². The van der Waals surface area contributed by atoms with Crippen LogP contribution >= 0.6 is 11.3 Å². The molecule has 0 aliphatic carbocycles. The fourth-order valence-electron chi connectivity index (χ4n) is 2.38. The number of fused-ring (bicyclic) bond motifs is 1. The molecule has 1 amide bonds. The standard InChI is InChI=1S/C16H14N2O2S.C5H7N/c1-10-3-5-11(6-4-10)15(19)18-16-17-13-8-7-12(20-2)9-14(13)21-16;1-5-3-2-4-6-5/h3-9H,1-2H3,(H,17,18,19);2-4,6H,1H3. The minimum atomic E-state index is -0.152. The normalized spacial score (nSPS) is 10.2. The Morgan fingerprint density at radius 1 is 1.11 bits per heavy atom. The van der Waals surface area contributed by atoms with Gasteiger partial charge in [0.25, 0.3) is 5.91 Å². The van der Waals surface area contributed by atoms with Crippen LogP contribution in [-0.4, -0.2) is 23.0 Å². The van der Waals surface area contributed by atoms with Gasteiger partial charge in [-0.1, -0.05) is 29.0 Å². The lowest BCUT2D eigenvalue weighted by Gasteiger charge is -2.01. The number of aromatic nitrogens is 2. The van der Waals surface area contributed by atoms with Crippen LogP contribution in [0.25, 0.3) is 10.2 Å². The predicted octanol–water partition coefficient (Wildman–Crippen LogP) is 5.19. The van der Waals surface area contributed by atoms with Crippen molar-refractivity contribution >= 4 is 32.6 Å². The zero-order chi connectivity index (χ0) is 19.2. The first-order valence-electron chi connectivity index (χ1n) is 8.48. The van der Waals surface area contributed by atoms with Crippen LogP contribution in [0.2, 0.25) is 0 Å². The summed E-state index contributed by atoms with van der Waals surface area (Å²) in [7, 11) is 1.63. The van der Waals surface area contributed by atoms with E-state index in [2.05, 4.69) is 15.3 Å². The van der Waals surface area contributed by atoms with Crippen molar-refractivity contribution in [3.05, 3.63) is 77.6 Å².